The molecule has 0 spiro atoms. The van der Waals surface area contributed by atoms with Gasteiger partial charge in [-0.25, -0.2) is 13.2 Å². The summed E-state index contributed by atoms with van der Waals surface area (Å²) in [7, 11) is -2.00. The molecule has 0 aromatic heterocycles. The second-order valence-corrected chi connectivity index (χ2v) is 9.55. The highest BCUT2D eigenvalue weighted by molar-refractivity contribution is 7.89. The van der Waals surface area contributed by atoms with Crippen molar-refractivity contribution in [2.45, 2.75) is 76.0 Å². The first-order valence-corrected chi connectivity index (χ1v) is 11.2. The third-order valence-corrected chi connectivity index (χ3v) is 6.86. The molecule has 2 rings (SSSR count). The van der Waals surface area contributed by atoms with Crippen LogP contribution in [0.2, 0.25) is 0 Å². The number of nitrogens with zero attached hydrogens (tertiary/aromatic N) is 1. The second-order valence-electron chi connectivity index (χ2n) is 7.55. The molecule has 1 atom stereocenters. The van der Waals surface area contributed by atoms with Gasteiger partial charge in [-0.1, -0.05) is 19.3 Å². The van der Waals surface area contributed by atoms with E-state index in [4.69, 9.17) is 4.74 Å². The van der Waals surface area contributed by atoms with Crippen molar-refractivity contribution < 1.29 is 22.7 Å². The normalized spacial score (nSPS) is 16.8. The van der Waals surface area contributed by atoms with Crippen LogP contribution >= 0.6 is 0 Å². The number of esters is 1. The van der Waals surface area contributed by atoms with Crippen molar-refractivity contribution in [1.82, 2.24) is 9.62 Å². The summed E-state index contributed by atoms with van der Waals surface area (Å²) >= 11 is 0. The predicted molar refractivity (Wildman–Crippen MR) is 106 cm³/mol. The second kappa shape index (κ2) is 9.52. The molecule has 1 aromatic rings. The number of carbonyl (C=O) groups excluding carboxylic acids is 2. The zero-order chi connectivity index (χ0) is 20.9. The van der Waals surface area contributed by atoms with Gasteiger partial charge in [0.05, 0.1) is 10.5 Å². The first kappa shape index (κ1) is 22.4. The van der Waals surface area contributed by atoms with Gasteiger partial charge in [-0.05, 0) is 57.9 Å². The van der Waals surface area contributed by atoms with Crippen LogP contribution in [0.15, 0.2) is 29.2 Å². The van der Waals surface area contributed by atoms with Crippen LogP contribution in [0.1, 0.15) is 63.2 Å². The summed E-state index contributed by atoms with van der Waals surface area (Å²) in [6.07, 6.45) is 4.04. The van der Waals surface area contributed by atoms with E-state index in [1.54, 1.807) is 7.05 Å². The highest BCUT2D eigenvalue weighted by atomic mass is 32.2. The van der Waals surface area contributed by atoms with E-state index in [0.29, 0.717) is 0 Å². The van der Waals surface area contributed by atoms with Gasteiger partial charge in [0.15, 0.2) is 6.10 Å². The van der Waals surface area contributed by atoms with E-state index in [9.17, 15) is 18.0 Å². The Kier molecular flexibility index (Phi) is 7.60. The van der Waals surface area contributed by atoms with E-state index >= 15 is 0 Å². The molecule has 1 aromatic carbocycles. The molecule has 0 bridgehead atoms. The van der Waals surface area contributed by atoms with E-state index in [1.807, 2.05) is 13.8 Å². The Balaban J connectivity index is 2.05. The predicted octanol–water partition coefficient (Wildman–Crippen LogP) is 2.71. The molecule has 28 heavy (non-hydrogen) atoms. The Bertz CT molecular complexity index is 783. The van der Waals surface area contributed by atoms with E-state index in [2.05, 4.69) is 5.32 Å². The van der Waals surface area contributed by atoms with Crippen molar-refractivity contribution >= 4 is 21.9 Å². The lowest BCUT2D eigenvalue weighted by molar-refractivity contribution is -0.129. The molecule has 7 nitrogen and oxygen atoms in total. The minimum absolute atomic E-state index is 0.0173. The standard InChI is InChI=1S/C20H30N2O5S/c1-14(2)21-19(23)15(3)27-20(24)16-10-12-18(13-11-16)28(25,26)22(4)17-8-6-5-7-9-17/h10-15,17H,5-9H2,1-4H3,(H,21,23). The minimum atomic E-state index is -3.61. The summed E-state index contributed by atoms with van der Waals surface area (Å²) in [5.41, 5.74) is 0.198. The van der Waals surface area contributed by atoms with Crippen LogP contribution in [0.3, 0.4) is 0 Å². The number of amides is 1. The summed E-state index contributed by atoms with van der Waals surface area (Å²) in [4.78, 5) is 24.2. The van der Waals surface area contributed by atoms with Crippen LogP contribution in [0.25, 0.3) is 0 Å². The first-order chi connectivity index (χ1) is 13.1. The van der Waals surface area contributed by atoms with Gasteiger partial charge < -0.3 is 10.1 Å². The van der Waals surface area contributed by atoms with Crippen LogP contribution in [0, 0.1) is 0 Å². The first-order valence-electron chi connectivity index (χ1n) is 9.72. The van der Waals surface area contributed by atoms with Crippen LogP contribution in [-0.4, -0.2) is 49.8 Å². The molecule has 1 unspecified atom stereocenters. The van der Waals surface area contributed by atoms with Crippen LogP contribution in [-0.2, 0) is 19.6 Å². The molecule has 1 fully saturated rings. The zero-order valence-corrected chi connectivity index (χ0v) is 17.8. The third-order valence-electron chi connectivity index (χ3n) is 4.94. The lowest BCUT2D eigenvalue weighted by Gasteiger charge is -2.30. The molecule has 1 aliphatic rings. The molecule has 1 aliphatic carbocycles. The average molecular weight is 411 g/mol. The van der Waals surface area contributed by atoms with Crippen molar-refractivity contribution in [3.63, 3.8) is 0 Å². The molecule has 8 heteroatoms. The molecule has 156 valence electrons. The van der Waals surface area contributed by atoms with Gasteiger partial charge in [-0.2, -0.15) is 4.31 Å². The monoisotopic (exact) mass is 410 g/mol. The van der Waals surface area contributed by atoms with Gasteiger partial charge in [-0.3, -0.25) is 4.79 Å². The highest BCUT2D eigenvalue weighted by Crippen LogP contribution is 2.26. The van der Waals surface area contributed by atoms with E-state index < -0.39 is 22.1 Å². The van der Waals surface area contributed by atoms with E-state index in [0.717, 1.165) is 32.1 Å². The van der Waals surface area contributed by atoms with Crippen LogP contribution < -0.4 is 5.32 Å². The number of nitrogens with one attached hydrogen (secondary N) is 1. The Morgan fingerprint density at radius 3 is 2.18 bits per heavy atom. The summed E-state index contributed by atoms with van der Waals surface area (Å²) in [5, 5.41) is 2.67. The van der Waals surface area contributed by atoms with Crippen molar-refractivity contribution in [2.24, 2.45) is 0 Å². The Hall–Kier alpha value is -1.93. The maximum Gasteiger partial charge on any atom is 0.338 e. The molecule has 0 radical (unpaired) electrons. The fourth-order valence-corrected chi connectivity index (χ4v) is 4.67. The minimum Gasteiger partial charge on any atom is -0.449 e. The summed E-state index contributed by atoms with van der Waals surface area (Å²) in [5.74, 6) is -1.05. The van der Waals surface area contributed by atoms with Gasteiger partial charge in [0.25, 0.3) is 5.91 Å². The lowest BCUT2D eigenvalue weighted by Crippen LogP contribution is -2.39. The molecule has 0 saturated heterocycles. The van der Waals surface area contributed by atoms with E-state index in [1.165, 1.54) is 35.5 Å². The molecule has 1 amide bonds. The van der Waals surface area contributed by atoms with Crippen LogP contribution in [0.5, 0.6) is 0 Å². The fourth-order valence-electron chi connectivity index (χ4n) is 3.25. The van der Waals surface area contributed by atoms with Crippen molar-refractivity contribution in [1.29, 1.82) is 0 Å². The summed E-state index contributed by atoms with van der Waals surface area (Å²) < 4.78 is 32.3. The molecule has 1 saturated carbocycles. The number of hydrogen-bond acceptors (Lipinski definition) is 5. The molecular weight excluding hydrogens is 380 g/mol. The zero-order valence-electron chi connectivity index (χ0n) is 17.0. The molecule has 0 aliphatic heterocycles. The lowest BCUT2D eigenvalue weighted by atomic mass is 9.96. The van der Waals surface area contributed by atoms with Gasteiger partial charge in [0.2, 0.25) is 10.0 Å². The maximum atomic E-state index is 12.8. The van der Waals surface area contributed by atoms with Crippen molar-refractivity contribution in [3.8, 4) is 0 Å². The van der Waals surface area contributed by atoms with Gasteiger partial charge in [0.1, 0.15) is 0 Å². The number of hydrogen-bond donors (Lipinski definition) is 1. The summed E-state index contributed by atoms with van der Waals surface area (Å²) in [6, 6.07) is 5.60. The summed E-state index contributed by atoms with van der Waals surface area (Å²) in [6.45, 7) is 5.12. The number of benzene rings is 1. The highest BCUT2D eigenvalue weighted by Gasteiger charge is 2.29. The topological polar surface area (TPSA) is 92.8 Å². The Morgan fingerprint density at radius 2 is 1.64 bits per heavy atom. The number of carbonyl (C=O) groups is 2. The number of ether oxygens (including phenoxy) is 1. The van der Waals surface area contributed by atoms with Crippen LogP contribution in [0.4, 0.5) is 0 Å². The molecular formula is C20H30N2O5S. The largest absolute Gasteiger partial charge is 0.449 e. The Morgan fingerprint density at radius 1 is 1.07 bits per heavy atom. The Labute approximate surface area is 167 Å². The number of sulfonamides is 1. The SMILES string of the molecule is CC(C)NC(=O)C(C)OC(=O)c1ccc(S(=O)(=O)N(C)C2CCCCC2)cc1. The van der Waals surface area contributed by atoms with Crippen molar-refractivity contribution in [3.05, 3.63) is 29.8 Å². The van der Waals surface area contributed by atoms with Gasteiger partial charge >= 0.3 is 5.97 Å². The molecule has 0 heterocycles. The number of rotatable bonds is 7. The van der Waals surface area contributed by atoms with Crippen molar-refractivity contribution in [2.75, 3.05) is 7.05 Å². The quantitative estimate of drug-likeness (QED) is 0.698. The van der Waals surface area contributed by atoms with Gasteiger partial charge in [0, 0.05) is 19.1 Å². The molecule has 1 N–H and O–H groups in total. The maximum absolute atomic E-state index is 12.8. The average Bonchev–Trinajstić information content (AvgIpc) is 2.67. The van der Waals surface area contributed by atoms with E-state index in [-0.39, 0.29) is 28.4 Å². The third kappa shape index (κ3) is 5.54. The smallest absolute Gasteiger partial charge is 0.338 e. The fraction of sp³-hybridized carbons (Fsp3) is 0.600. The van der Waals surface area contributed by atoms with Gasteiger partial charge in [-0.15, -0.1) is 0 Å².